The fourth-order valence-corrected chi connectivity index (χ4v) is 4.35. The second-order valence-corrected chi connectivity index (χ2v) is 8.75. The van der Waals surface area contributed by atoms with Gasteiger partial charge in [0.1, 0.15) is 12.6 Å². The lowest BCUT2D eigenvalue weighted by atomic mass is 10.2. The molecular formula is C22H25NO7S. The van der Waals surface area contributed by atoms with Gasteiger partial charge < -0.3 is 9.47 Å². The Morgan fingerprint density at radius 3 is 2.35 bits per heavy atom. The van der Waals surface area contributed by atoms with Crippen LogP contribution in [-0.4, -0.2) is 50.7 Å². The van der Waals surface area contributed by atoms with E-state index in [1.165, 1.54) is 12.1 Å². The Kier molecular flexibility index (Phi) is 7.29. The second kappa shape index (κ2) is 9.93. The molecule has 0 radical (unpaired) electrons. The van der Waals surface area contributed by atoms with Crippen LogP contribution < -0.4 is 0 Å². The van der Waals surface area contributed by atoms with Gasteiger partial charge in [-0.05, 0) is 31.5 Å². The van der Waals surface area contributed by atoms with Crippen LogP contribution in [0.4, 0.5) is 4.79 Å². The molecule has 1 saturated heterocycles. The number of esters is 1. The summed E-state index contributed by atoms with van der Waals surface area (Å²) >= 11 is 0. The summed E-state index contributed by atoms with van der Waals surface area (Å²) in [5, 5.41) is 0. The highest BCUT2D eigenvalue weighted by atomic mass is 32.2. The van der Waals surface area contributed by atoms with Crippen molar-refractivity contribution in [3.63, 3.8) is 0 Å². The summed E-state index contributed by atoms with van der Waals surface area (Å²) in [6.45, 7) is 3.55. The highest BCUT2D eigenvalue weighted by molar-refractivity contribution is 7.86. The predicted molar refractivity (Wildman–Crippen MR) is 112 cm³/mol. The summed E-state index contributed by atoms with van der Waals surface area (Å²) < 4.78 is 40.9. The van der Waals surface area contributed by atoms with Crippen LogP contribution in [0.3, 0.4) is 0 Å². The largest absolute Gasteiger partial charge is 0.464 e. The van der Waals surface area contributed by atoms with Gasteiger partial charge in [-0.1, -0.05) is 48.0 Å². The standard InChI is InChI=1S/C22H25NO7S/c1-3-28-21(24)20-13-18(30-31(26,27)19-11-9-16(2)10-12-19)14-23(20)22(25)29-15-17-7-5-4-6-8-17/h4-12,18,20H,3,13-15H2,1-2H3. The Morgan fingerprint density at radius 2 is 1.71 bits per heavy atom. The zero-order valence-corrected chi connectivity index (χ0v) is 18.2. The zero-order valence-electron chi connectivity index (χ0n) is 17.4. The van der Waals surface area contributed by atoms with E-state index in [-0.39, 0.29) is 31.1 Å². The smallest absolute Gasteiger partial charge is 0.410 e. The molecule has 0 aliphatic carbocycles. The van der Waals surface area contributed by atoms with Crippen LogP contribution in [0, 0.1) is 6.92 Å². The SMILES string of the molecule is CCOC(=O)C1CC(OS(=O)(=O)c2ccc(C)cc2)CN1C(=O)OCc1ccccc1. The molecule has 9 heteroatoms. The third-order valence-electron chi connectivity index (χ3n) is 4.83. The third-order valence-corrected chi connectivity index (χ3v) is 6.21. The molecule has 31 heavy (non-hydrogen) atoms. The minimum Gasteiger partial charge on any atom is -0.464 e. The van der Waals surface area contributed by atoms with Crippen molar-refractivity contribution in [2.45, 2.75) is 43.9 Å². The topological polar surface area (TPSA) is 99.2 Å². The minimum absolute atomic E-state index is 0.00956. The molecule has 0 saturated carbocycles. The zero-order chi connectivity index (χ0) is 22.4. The van der Waals surface area contributed by atoms with Crippen molar-refractivity contribution < 1.29 is 31.7 Å². The van der Waals surface area contributed by atoms with E-state index in [0.29, 0.717) is 0 Å². The summed E-state index contributed by atoms with van der Waals surface area (Å²) in [6, 6.07) is 14.4. The van der Waals surface area contributed by atoms with Crippen LogP contribution in [0.15, 0.2) is 59.5 Å². The molecule has 0 N–H and O–H groups in total. The number of benzene rings is 2. The fraction of sp³-hybridized carbons (Fsp3) is 0.364. The number of rotatable bonds is 7. The minimum atomic E-state index is -4.06. The number of likely N-dealkylation sites (tertiary alicyclic amines) is 1. The van der Waals surface area contributed by atoms with Gasteiger partial charge in [0, 0.05) is 6.42 Å². The van der Waals surface area contributed by atoms with E-state index in [2.05, 4.69) is 0 Å². The Morgan fingerprint density at radius 1 is 1.03 bits per heavy atom. The van der Waals surface area contributed by atoms with E-state index in [1.54, 1.807) is 31.2 Å². The molecule has 1 amide bonds. The Bertz CT molecular complexity index is 1010. The number of hydrogen-bond donors (Lipinski definition) is 0. The number of carbonyl (C=O) groups excluding carboxylic acids is 2. The molecule has 1 heterocycles. The van der Waals surface area contributed by atoms with Crippen LogP contribution in [0.2, 0.25) is 0 Å². The first-order chi connectivity index (χ1) is 14.8. The first kappa shape index (κ1) is 22.8. The number of carbonyl (C=O) groups is 2. The van der Waals surface area contributed by atoms with E-state index in [4.69, 9.17) is 13.7 Å². The van der Waals surface area contributed by atoms with Gasteiger partial charge >= 0.3 is 12.1 Å². The molecule has 2 aromatic rings. The average molecular weight is 448 g/mol. The Balaban J connectivity index is 1.71. The maximum atomic E-state index is 12.6. The van der Waals surface area contributed by atoms with E-state index in [9.17, 15) is 18.0 Å². The van der Waals surface area contributed by atoms with Crippen LogP contribution in [0.5, 0.6) is 0 Å². The van der Waals surface area contributed by atoms with E-state index in [0.717, 1.165) is 16.0 Å². The van der Waals surface area contributed by atoms with E-state index in [1.807, 2.05) is 25.1 Å². The number of hydrogen-bond acceptors (Lipinski definition) is 7. The van der Waals surface area contributed by atoms with Crippen molar-refractivity contribution >= 4 is 22.2 Å². The van der Waals surface area contributed by atoms with Crippen LogP contribution in [0.1, 0.15) is 24.5 Å². The lowest BCUT2D eigenvalue weighted by molar-refractivity contribution is -0.148. The summed E-state index contributed by atoms with van der Waals surface area (Å²) in [4.78, 5) is 26.2. The van der Waals surface area contributed by atoms with Gasteiger partial charge in [-0.2, -0.15) is 8.42 Å². The summed E-state index contributed by atoms with van der Waals surface area (Å²) in [5.41, 5.74) is 1.70. The summed E-state index contributed by atoms with van der Waals surface area (Å²) in [7, 11) is -4.06. The third kappa shape index (κ3) is 5.83. The van der Waals surface area contributed by atoms with Crippen LogP contribution >= 0.6 is 0 Å². The van der Waals surface area contributed by atoms with Gasteiger partial charge in [-0.15, -0.1) is 0 Å². The normalized spacial score (nSPS) is 18.6. The highest BCUT2D eigenvalue weighted by Crippen LogP contribution is 2.26. The second-order valence-electron chi connectivity index (χ2n) is 7.18. The van der Waals surface area contributed by atoms with E-state index < -0.39 is 34.3 Å². The van der Waals surface area contributed by atoms with Crippen LogP contribution in [0.25, 0.3) is 0 Å². The molecule has 1 aliphatic heterocycles. The lowest BCUT2D eigenvalue weighted by Gasteiger charge is -2.22. The molecular weight excluding hydrogens is 422 g/mol. The highest BCUT2D eigenvalue weighted by Gasteiger charge is 2.43. The molecule has 166 valence electrons. The number of nitrogens with zero attached hydrogens (tertiary/aromatic N) is 1. The van der Waals surface area contributed by atoms with Crippen molar-refractivity contribution in [3.8, 4) is 0 Å². The van der Waals surface area contributed by atoms with Crippen molar-refractivity contribution in [2.24, 2.45) is 0 Å². The van der Waals surface area contributed by atoms with Crippen molar-refractivity contribution in [3.05, 3.63) is 65.7 Å². The first-order valence-electron chi connectivity index (χ1n) is 9.94. The van der Waals surface area contributed by atoms with E-state index >= 15 is 0 Å². The van der Waals surface area contributed by atoms with Gasteiger partial charge in [-0.25, -0.2) is 9.59 Å². The monoisotopic (exact) mass is 447 g/mol. The first-order valence-corrected chi connectivity index (χ1v) is 11.3. The molecule has 8 nitrogen and oxygen atoms in total. The summed E-state index contributed by atoms with van der Waals surface area (Å²) in [5.74, 6) is -0.627. The van der Waals surface area contributed by atoms with Crippen molar-refractivity contribution in [1.29, 1.82) is 0 Å². The molecule has 2 unspecified atom stereocenters. The summed E-state index contributed by atoms with van der Waals surface area (Å²) in [6.07, 6.45) is -1.64. The number of aryl methyl sites for hydroxylation is 1. The van der Waals surface area contributed by atoms with Gasteiger partial charge in [-0.3, -0.25) is 9.08 Å². The molecule has 0 spiro atoms. The molecule has 1 aliphatic rings. The Hall–Kier alpha value is -2.91. The molecule has 0 bridgehead atoms. The fourth-order valence-electron chi connectivity index (χ4n) is 3.27. The number of ether oxygens (including phenoxy) is 2. The van der Waals surface area contributed by atoms with Gasteiger partial charge in [0.05, 0.1) is 24.2 Å². The molecule has 0 aromatic heterocycles. The van der Waals surface area contributed by atoms with Gasteiger partial charge in [0.25, 0.3) is 10.1 Å². The molecule has 2 atom stereocenters. The van der Waals surface area contributed by atoms with Gasteiger partial charge in [0.2, 0.25) is 0 Å². The van der Waals surface area contributed by atoms with Crippen molar-refractivity contribution in [1.82, 2.24) is 4.90 Å². The molecule has 1 fully saturated rings. The maximum Gasteiger partial charge on any atom is 0.410 e. The lowest BCUT2D eigenvalue weighted by Crippen LogP contribution is -2.41. The Labute approximate surface area is 181 Å². The molecule has 2 aromatic carbocycles. The quantitative estimate of drug-likeness (QED) is 0.475. The predicted octanol–water partition coefficient (Wildman–Crippen LogP) is 3.04. The average Bonchev–Trinajstić information content (AvgIpc) is 3.16. The van der Waals surface area contributed by atoms with Crippen molar-refractivity contribution in [2.75, 3.05) is 13.2 Å². The van der Waals surface area contributed by atoms with Crippen LogP contribution in [-0.2, 0) is 35.2 Å². The maximum absolute atomic E-state index is 12.6. The molecule has 3 rings (SSSR count). The number of amides is 1. The van der Waals surface area contributed by atoms with Gasteiger partial charge in [0.15, 0.2) is 0 Å².